The molecule has 0 bridgehead atoms. The van der Waals surface area contributed by atoms with Gasteiger partial charge in [0.15, 0.2) is 0 Å². The highest BCUT2D eigenvalue weighted by atomic mass is 79.9. The lowest BCUT2D eigenvalue weighted by Gasteiger charge is -2.11. The molecule has 3 N–H and O–H groups in total. The van der Waals surface area contributed by atoms with E-state index in [2.05, 4.69) is 21.2 Å². The number of furan rings is 1. The van der Waals surface area contributed by atoms with Crippen LogP contribution in [0.1, 0.15) is 28.6 Å². The fourth-order valence-corrected chi connectivity index (χ4v) is 2.59. The Labute approximate surface area is 120 Å². The summed E-state index contributed by atoms with van der Waals surface area (Å²) in [6, 6.07) is 5.38. The molecule has 0 saturated heterocycles. The van der Waals surface area contributed by atoms with Crippen molar-refractivity contribution in [2.24, 2.45) is 0 Å². The quantitative estimate of drug-likeness (QED) is 0.845. The monoisotopic (exact) mass is 322 g/mol. The van der Waals surface area contributed by atoms with Crippen molar-refractivity contribution in [3.05, 3.63) is 45.8 Å². The molecule has 0 atom stereocenters. The summed E-state index contributed by atoms with van der Waals surface area (Å²) in [4.78, 5) is 12.2. The van der Waals surface area contributed by atoms with E-state index in [1.54, 1.807) is 6.07 Å². The summed E-state index contributed by atoms with van der Waals surface area (Å²) in [5.41, 5.74) is 8.60. The molecule has 0 aliphatic rings. The van der Waals surface area contributed by atoms with Crippen LogP contribution in [0.25, 0.3) is 0 Å². The number of carbonyl (C=O) groups is 1. The normalized spacial score (nSPS) is 10.5. The average molecular weight is 323 g/mol. The largest absolute Gasteiger partial charge is 0.469 e. The van der Waals surface area contributed by atoms with Crippen molar-refractivity contribution >= 4 is 33.2 Å². The molecule has 0 unspecified atom stereocenters. The van der Waals surface area contributed by atoms with Gasteiger partial charge in [0, 0.05) is 10.9 Å². The third-order valence-electron chi connectivity index (χ3n) is 2.81. The lowest BCUT2D eigenvalue weighted by molar-refractivity contribution is 0.102. The lowest BCUT2D eigenvalue weighted by Crippen LogP contribution is -2.14. The highest BCUT2D eigenvalue weighted by Crippen LogP contribution is 2.30. The SMILES string of the molecule is CCc1occc1C(=O)Nc1c(N)cc(C)cc1Br. The van der Waals surface area contributed by atoms with E-state index < -0.39 is 0 Å². The third-order valence-corrected chi connectivity index (χ3v) is 3.44. The van der Waals surface area contributed by atoms with E-state index in [1.165, 1.54) is 6.26 Å². The molecule has 2 rings (SSSR count). The Bertz CT molecular complexity index is 597. The highest BCUT2D eigenvalue weighted by molar-refractivity contribution is 9.10. The van der Waals surface area contributed by atoms with Gasteiger partial charge in [-0.15, -0.1) is 0 Å². The number of benzene rings is 1. The van der Waals surface area contributed by atoms with Gasteiger partial charge in [-0.25, -0.2) is 0 Å². The molecule has 1 amide bonds. The first kappa shape index (κ1) is 13.7. The molecule has 19 heavy (non-hydrogen) atoms. The van der Waals surface area contributed by atoms with Gasteiger partial charge in [-0.3, -0.25) is 4.79 Å². The van der Waals surface area contributed by atoms with Gasteiger partial charge >= 0.3 is 0 Å². The molecule has 1 heterocycles. The smallest absolute Gasteiger partial charge is 0.259 e. The molecule has 1 aromatic heterocycles. The van der Waals surface area contributed by atoms with Crippen molar-refractivity contribution in [1.82, 2.24) is 0 Å². The number of amides is 1. The molecule has 0 fully saturated rings. The topological polar surface area (TPSA) is 68.3 Å². The van der Waals surface area contributed by atoms with Crippen molar-refractivity contribution in [2.75, 3.05) is 11.1 Å². The van der Waals surface area contributed by atoms with Gasteiger partial charge in [0.25, 0.3) is 5.91 Å². The van der Waals surface area contributed by atoms with Crippen LogP contribution in [-0.2, 0) is 6.42 Å². The van der Waals surface area contributed by atoms with Crippen LogP contribution in [0.2, 0.25) is 0 Å². The van der Waals surface area contributed by atoms with E-state index in [9.17, 15) is 4.79 Å². The molecule has 100 valence electrons. The van der Waals surface area contributed by atoms with Gasteiger partial charge in [-0.1, -0.05) is 6.92 Å². The molecular formula is C14H15BrN2O2. The van der Waals surface area contributed by atoms with Crippen molar-refractivity contribution in [2.45, 2.75) is 20.3 Å². The molecule has 5 heteroatoms. The van der Waals surface area contributed by atoms with Gasteiger partial charge in [0.05, 0.1) is 23.2 Å². The Balaban J connectivity index is 2.29. The van der Waals surface area contributed by atoms with Crippen molar-refractivity contribution < 1.29 is 9.21 Å². The fraction of sp³-hybridized carbons (Fsp3) is 0.214. The number of halogens is 1. The second kappa shape index (κ2) is 5.48. The molecule has 1 aromatic carbocycles. The van der Waals surface area contributed by atoms with Crippen LogP contribution in [0.3, 0.4) is 0 Å². The first-order chi connectivity index (χ1) is 9.02. The van der Waals surface area contributed by atoms with Gasteiger partial charge in [0.1, 0.15) is 5.76 Å². The fourth-order valence-electron chi connectivity index (χ4n) is 1.90. The molecule has 0 saturated carbocycles. The summed E-state index contributed by atoms with van der Waals surface area (Å²) in [5.74, 6) is 0.446. The van der Waals surface area contributed by atoms with Crippen LogP contribution >= 0.6 is 15.9 Å². The van der Waals surface area contributed by atoms with Gasteiger partial charge in [-0.2, -0.15) is 0 Å². The maximum absolute atomic E-state index is 12.2. The third kappa shape index (κ3) is 2.81. The number of hydrogen-bond acceptors (Lipinski definition) is 3. The average Bonchev–Trinajstić information content (AvgIpc) is 2.81. The minimum absolute atomic E-state index is 0.221. The number of carbonyl (C=O) groups excluding carboxylic acids is 1. The minimum Gasteiger partial charge on any atom is -0.469 e. The molecule has 0 radical (unpaired) electrons. The van der Waals surface area contributed by atoms with Crippen molar-refractivity contribution in [3.63, 3.8) is 0 Å². The summed E-state index contributed by atoms with van der Waals surface area (Å²) < 4.78 is 6.01. The second-order valence-electron chi connectivity index (χ2n) is 4.28. The summed E-state index contributed by atoms with van der Waals surface area (Å²) in [6.45, 7) is 3.88. The maximum atomic E-state index is 12.2. The number of hydrogen-bond donors (Lipinski definition) is 2. The van der Waals surface area contributed by atoms with Crippen LogP contribution in [0.5, 0.6) is 0 Å². The zero-order valence-corrected chi connectivity index (χ0v) is 12.4. The van der Waals surface area contributed by atoms with Crippen LogP contribution < -0.4 is 11.1 Å². The predicted octanol–water partition coefficient (Wildman–Crippen LogP) is 3.75. The number of nitrogens with two attached hydrogens (primary N) is 1. The predicted molar refractivity (Wildman–Crippen MR) is 79.3 cm³/mol. The van der Waals surface area contributed by atoms with Crippen molar-refractivity contribution in [3.8, 4) is 0 Å². The summed E-state index contributed by atoms with van der Waals surface area (Å²) in [5, 5.41) is 2.81. The first-order valence-electron chi connectivity index (χ1n) is 5.96. The Morgan fingerprint density at radius 1 is 1.47 bits per heavy atom. The zero-order chi connectivity index (χ0) is 14.0. The summed E-state index contributed by atoms with van der Waals surface area (Å²) in [6.07, 6.45) is 2.18. The van der Waals surface area contributed by atoms with Crippen LogP contribution in [0.15, 0.2) is 33.4 Å². The molecule has 0 spiro atoms. The number of rotatable bonds is 3. The molecule has 2 aromatic rings. The minimum atomic E-state index is -0.221. The summed E-state index contributed by atoms with van der Waals surface area (Å²) in [7, 11) is 0. The Kier molecular flexibility index (Phi) is 3.95. The van der Waals surface area contributed by atoms with Gasteiger partial charge in [-0.05, 0) is 46.6 Å². The number of anilines is 2. The van der Waals surface area contributed by atoms with Gasteiger partial charge < -0.3 is 15.5 Å². The standard InChI is InChI=1S/C14H15BrN2O2/c1-3-12-9(4-5-19-12)14(18)17-13-10(15)6-8(2)7-11(13)16/h4-7H,3,16H2,1-2H3,(H,17,18). The van der Waals surface area contributed by atoms with Crippen LogP contribution in [0.4, 0.5) is 11.4 Å². The molecule has 0 aliphatic carbocycles. The first-order valence-corrected chi connectivity index (χ1v) is 6.75. The van der Waals surface area contributed by atoms with E-state index in [0.717, 1.165) is 10.0 Å². The van der Waals surface area contributed by atoms with Crippen LogP contribution in [-0.4, -0.2) is 5.91 Å². The van der Waals surface area contributed by atoms with E-state index >= 15 is 0 Å². The van der Waals surface area contributed by atoms with Crippen LogP contribution in [0, 0.1) is 6.92 Å². The highest BCUT2D eigenvalue weighted by Gasteiger charge is 2.16. The Hall–Kier alpha value is -1.75. The zero-order valence-electron chi connectivity index (χ0n) is 10.8. The lowest BCUT2D eigenvalue weighted by atomic mass is 10.1. The Morgan fingerprint density at radius 3 is 2.84 bits per heavy atom. The Morgan fingerprint density at radius 2 is 2.21 bits per heavy atom. The van der Waals surface area contributed by atoms with E-state index in [1.807, 2.05) is 26.0 Å². The van der Waals surface area contributed by atoms with Crippen molar-refractivity contribution in [1.29, 1.82) is 0 Å². The van der Waals surface area contributed by atoms with E-state index in [-0.39, 0.29) is 5.91 Å². The number of nitrogens with one attached hydrogen (secondary N) is 1. The van der Waals surface area contributed by atoms with E-state index in [0.29, 0.717) is 29.1 Å². The van der Waals surface area contributed by atoms with Gasteiger partial charge in [0.2, 0.25) is 0 Å². The summed E-state index contributed by atoms with van der Waals surface area (Å²) >= 11 is 3.41. The number of aryl methyl sites for hydroxylation is 2. The molecular weight excluding hydrogens is 308 g/mol. The molecule has 4 nitrogen and oxygen atoms in total. The second-order valence-corrected chi connectivity index (χ2v) is 5.13. The maximum Gasteiger partial charge on any atom is 0.259 e. The molecule has 0 aliphatic heterocycles. The number of nitrogen functional groups attached to an aromatic ring is 1. The van der Waals surface area contributed by atoms with E-state index in [4.69, 9.17) is 10.2 Å².